The van der Waals surface area contributed by atoms with Crippen molar-refractivity contribution in [1.29, 1.82) is 0 Å². The summed E-state index contributed by atoms with van der Waals surface area (Å²) in [6.07, 6.45) is 0. The van der Waals surface area contributed by atoms with Gasteiger partial charge < -0.3 is 14.0 Å². The third-order valence-corrected chi connectivity index (χ3v) is 14.8. The second-order valence-corrected chi connectivity index (χ2v) is 18.4. The van der Waals surface area contributed by atoms with Crippen LogP contribution < -0.4 is 4.90 Å². The molecule has 14 rings (SSSR count). The summed E-state index contributed by atoms with van der Waals surface area (Å²) in [5.74, 6) is 0. The van der Waals surface area contributed by atoms with Gasteiger partial charge in [-0.2, -0.15) is 0 Å². The van der Waals surface area contributed by atoms with Crippen molar-refractivity contribution in [2.24, 2.45) is 0 Å². The molecule has 0 N–H and O–H groups in total. The van der Waals surface area contributed by atoms with Gasteiger partial charge in [0.15, 0.2) is 0 Å². The molecule has 328 valence electrons. The SMILES string of the molecule is c1ccc(-c2ccccc2N(c2ccc3c(c2)C(c2ccccc2)(c2ccccc2)c2ccccc2-3)c2cc(-n3c4ccccc4c4ccccc43)c3c4ccccc4n(-c4ccccc4)c3c2)cc1. The highest BCUT2D eigenvalue weighted by Crippen LogP contribution is 2.58. The van der Waals surface area contributed by atoms with Crippen molar-refractivity contribution in [2.45, 2.75) is 5.41 Å². The van der Waals surface area contributed by atoms with E-state index in [4.69, 9.17) is 0 Å². The van der Waals surface area contributed by atoms with Gasteiger partial charge in [-0.25, -0.2) is 0 Å². The van der Waals surface area contributed by atoms with Gasteiger partial charge in [0.1, 0.15) is 0 Å². The molecule has 0 amide bonds. The summed E-state index contributed by atoms with van der Waals surface area (Å²) < 4.78 is 4.97. The van der Waals surface area contributed by atoms with Crippen molar-refractivity contribution in [3.05, 3.63) is 295 Å². The van der Waals surface area contributed by atoms with Crippen molar-refractivity contribution in [2.75, 3.05) is 4.90 Å². The first-order valence-corrected chi connectivity index (χ1v) is 24.2. The van der Waals surface area contributed by atoms with E-state index in [2.05, 4.69) is 287 Å². The molecular weight excluding hydrogens is 847 g/mol. The van der Waals surface area contributed by atoms with Crippen LogP contribution in [0.15, 0.2) is 273 Å². The minimum Gasteiger partial charge on any atom is -0.310 e. The van der Waals surface area contributed by atoms with Gasteiger partial charge in [-0.05, 0) is 99.6 Å². The van der Waals surface area contributed by atoms with Crippen molar-refractivity contribution in [3.63, 3.8) is 0 Å². The first-order chi connectivity index (χ1) is 34.8. The Balaban J connectivity index is 1.14. The number of hydrogen-bond acceptors (Lipinski definition) is 1. The standard InChI is InChI=1S/C67H45N3/c1-5-23-46(24-6-1)52-31-14-19-37-60(52)68(50-41-42-54-53-32-13-18-36-58(53)67(59(54)43-50,47-25-7-2-8-26-47)48-27-9-3-10-28-48)51-44-64-66(57-35-17-22-40-63(57)69(64)49-29-11-4-12-30-49)65(45-51)70-61-38-20-15-33-55(61)56-34-16-21-39-62(56)70/h1-45H. The maximum Gasteiger partial charge on any atom is 0.0714 e. The molecule has 2 aromatic heterocycles. The van der Waals surface area contributed by atoms with Gasteiger partial charge in [0.25, 0.3) is 0 Å². The molecule has 1 aliphatic rings. The maximum absolute atomic E-state index is 2.52. The van der Waals surface area contributed by atoms with Crippen LogP contribution in [0.1, 0.15) is 22.3 Å². The van der Waals surface area contributed by atoms with E-state index in [0.717, 1.165) is 50.6 Å². The van der Waals surface area contributed by atoms with E-state index >= 15 is 0 Å². The number of nitrogens with zero attached hydrogens (tertiary/aromatic N) is 3. The average molecular weight is 892 g/mol. The number of aromatic nitrogens is 2. The Morgan fingerprint density at radius 2 is 0.814 bits per heavy atom. The van der Waals surface area contributed by atoms with Gasteiger partial charge >= 0.3 is 0 Å². The number of anilines is 3. The molecule has 0 bridgehead atoms. The number of para-hydroxylation sites is 5. The topological polar surface area (TPSA) is 13.1 Å². The second kappa shape index (κ2) is 16.0. The van der Waals surface area contributed by atoms with Crippen molar-refractivity contribution < 1.29 is 0 Å². The molecule has 0 saturated heterocycles. The third kappa shape index (κ3) is 5.88. The van der Waals surface area contributed by atoms with Crippen LogP contribution in [0.2, 0.25) is 0 Å². The smallest absolute Gasteiger partial charge is 0.0714 e. The Morgan fingerprint density at radius 3 is 1.47 bits per heavy atom. The zero-order valence-corrected chi connectivity index (χ0v) is 38.3. The van der Waals surface area contributed by atoms with Crippen LogP contribution >= 0.6 is 0 Å². The zero-order chi connectivity index (χ0) is 46.2. The van der Waals surface area contributed by atoms with Crippen LogP contribution in [-0.2, 0) is 5.41 Å². The first kappa shape index (κ1) is 39.9. The fraction of sp³-hybridized carbons (Fsp3) is 0.0149. The van der Waals surface area contributed by atoms with E-state index in [9.17, 15) is 0 Å². The van der Waals surface area contributed by atoms with Crippen LogP contribution in [0.25, 0.3) is 77.2 Å². The molecule has 13 aromatic rings. The number of rotatable bonds is 8. The molecule has 1 aliphatic carbocycles. The summed E-state index contributed by atoms with van der Waals surface area (Å²) >= 11 is 0. The largest absolute Gasteiger partial charge is 0.310 e. The number of fused-ring (bicyclic) bond motifs is 9. The normalized spacial score (nSPS) is 12.7. The van der Waals surface area contributed by atoms with Crippen LogP contribution in [0, 0.1) is 0 Å². The zero-order valence-electron chi connectivity index (χ0n) is 38.3. The maximum atomic E-state index is 2.52. The molecule has 0 fully saturated rings. The summed E-state index contributed by atoms with van der Waals surface area (Å²) in [6, 6.07) is 101. The highest BCUT2D eigenvalue weighted by atomic mass is 15.2. The predicted octanol–water partition coefficient (Wildman–Crippen LogP) is 17.4. The molecule has 3 nitrogen and oxygen atoms in total. The quantitative estimate of drug-likeness (QED) is 0.148. The van der Waals surface area contributed by atoms with Gasteiger partial charge in [-0.3, -0.25) is 0 Å². The van der Waals surface area contributed by atoms with E-state index in [0.29, 0.717) is 0 Å². The van der Waals surface area contributed by atoms with Crippen molar-refractivity contribution in [3.8, 4) is 33.6 Å². The van der Waals surface area contributed by atoms with E-state index < -0.39 is 5.41 Å². The molecular formula is C67H45N3. The highest BCUT2D eigenvalue weighted by Gasteiger charge is 2.46. The van der Waals surface area contributed by atoms with Crippen LogP contribution in [-0.4, -0.2) is 9.13 Å². The minimum absolute atomic E-state index is 0.576. The molecule has 0 atom stereocenters. The molecule has 11 aromatic carbocycles. The summed E-state index contributed by atoms with van der Waals surface area (Å²) in [5.41, 5.74) is 19.3. The lowest BCUT2D eigenvalue weighted by atomic mass is 9.67. The first-order valence-electron chi connectivity index (χ1n) is 24.2. The third-order valence-electron chi connectivity index (χ3n) is 14.8. The van der Waals surface area contributed by atoms with Crippen LogP contribution in [0.3, 0.4) is 0 Å². The van der Waals surface area contributed by atoms with Crippen LogP contribution in [0.5, 0.6) is 0 Å². The van der Waals surface area contributed by atoms with E-state index in [1.165, 1.54) is 66.0 Å². The monoisotopic (exact) mass is 891 g/mol. The molecule has 0 radical (unpaired) electrons. The predicted molar refractivity (Wildman–Crippen MR) is 293 cm³/mol. The molecule has 0 saturated carbocycles. The van der Waals surface area contributed by atoms with Gasteiger partial charge in [0.05, 0.1) is 44.5 Å². The minimum atomic E-state index is -0.576. The molecule has 0 aliphatic heterocycles. The van der Waals surface area contributed by atoms with E-state index in [1.54, 1.807) is 0 Å². The summed E-state index contributed by atoms with van der Waals surface area (Å²) in [7, 11) is 0. The molecule has 0 unspecified atom stereocenters. The number of hydrogen-bond donors (Lipinski definition) is 0. The Kier molecular flexibility index (Phi) is 9.11. The lowest BCUT2D eigenvalue weighted by molar-refractivity contribution is 0.768. The van der Waals surface area contributed by atoms with E-state index in [-0.39, 0.29) is 0 Å². The van der Waals surface area contributed by atoms with Gasteiger partial charge in [-0.15, -0.1) is 0 Å². The fourth-order valence-electron chi connectivity index (χ4n) is 11.9. The van der Waals surface area contributed by atoms with Crippen molar-refractivity contribution in [1.82, 2.24) is 9.13 Å². The molecule has 2 heterocycles. The molecule has 0 spiro atoms. The molecule has 70 heavy (non-hydrogen) atoms. The summed E-state index contributed by atoms with van der Waals surface area (Å²) in [5, 5.41) is 4.85. The van der Waals surface area contributed by atoms with Gasteiger partial charge in [0.2, 0.25) is 0 Å². The summed E-state index contributed by atoms with van der Waals surface area (Å²) in [4.78, 5) is 2.52. The highest BCUT2D eigenvalue weighted by molar-refractivity contribution is 6.17. The van der Waals surface area contributed by atoms with Gasteiger partial charge in [0, 0.05) is 38.5 Å². The van der Waals surface area contributed by atoms with E-state index in [1.807, 2.05) is 0 Å². The van der Waals surface area contributed by atoms with Crippen molar-refractivity contribution >= 4 is 60.7 Å². The van der Waals surface area contributed by atoms with Crippen LogP contribution in [0.4, 0.5) is 17.1 Å². The van der Waals surface area contributed by atoms with Gasteiger partial charge in [-0.1, -0.05) is 212 Å². The lowest BCUT2D eigenvalue weighted by Crippen LogP contribution is -2.28. The Morgan fingerprint density at radius 1 is 0.314 bits per heavy atom. The summed E-state index contributed by atoms with van der Waals surface area (Å²) in [6.45, 7) is 0. The molecule has 3 heteroatoms. The Hall–Kier alpha value is -9.18. The second-order valence-electron chi connectivity index (χ2n) is 18.4. The number of benzene rings is 11. The average Bonchev–Trinajstić information content (AvgIpc) is 4.06. The lowest BCUT2D eigenvalue weighted by Gasteiger charge is -2.35. The Bertz CT molecular complexity index is 4020. The Labute approximate surface area is 407 Å². The fourth-order valence-corrected chi connectivity index (χ4v) is 11.9.